The van der Waals surface area contributed by atoms with Gasteiger partial charge >= 0.3 is 0 Å². The molecule has 3 nitrogen and oxygen atoms in total. The van der Waals surface area contributed by atoms with Crippen LogP contribution in [0.1, 0.15) is 41.8 Å². The number of aliphatic hydroxyl groups excluding tert-OH is 1. The van der Waals surface area contributed by atoms with Crippen LogP contribution in [0.15, 0.2) is 18.2 Å². The SMILES string of the molecule is Cc1ccc(C#CCCO)c(C(=O)N(C)C(C)C)c1. The van der Waals surface area contributed by atoms with E-state index in [1.165, 1.54) is 0 Å². The van der Waals surface area contributed by atoms with Crippen LogP contribution in [0.2, 0.25) is 0 Å². The highest BCUT2D eigenvalue weighted by atomic mass is 16.2. The topological polar surface area (TPSA) is 40.5 Å². The Morgan fingerprint density at radius 3 is 2.68 bits per heavy atom. The molecule has 0 aliphatic carbocycles. The average Bonchev–Trinajstić information content (AvgIpc) is 2.38. The van der Waals surface area contributed by atoms with Gasteiger partial charge in [-0.1, -0.05) is 23.5 Å². The van der Waals surface area contributed by atoms with E-state index in [1.807, 2.05) is 39.0 Å². The predicted octanol–water partition coefficient (Wildman–Crippen LogP) is 2.21. The van der Waals surface area contributed by atoms with Crippen LogP contribution >= 0.6 is 0 Å². The summed E-state index contributed by atoms with van der Waals surface area (Å²) in [6, 6.07) is 5.81. The Balaban J connectivity index is 3.15. The zero-order valence-corrected chi connectivity index (χ0v) is 12.0. The molecule has 19 heavy (non-hydrogen) atoms. The molecule has 0 saturated heterocycles. The van der Waals surface area contributed by atoms with Crippen LogP contribution in [0.25, 0.3) is 0 Å². The zero-order chi connectivity index (χ0) is 14.4. The first-order valence-electron chi connectivity index (χ1n) is 6.45. The minimum atomic E-state index is -0.0213. The molecule has 3 heteroatoms. The Bertz CT molecular complexity index is 509. The summed E-state index contributed by atoms with van der Waals surface area (Å²) in [6.45, 7) is 5.95. The number of hydrogen-bond donors (Lipinski definition) is 1. The van der Waals surface area contributed by atoms with Gasteiger partial charge < -0.3 is 10.0 Å². The third-order valence-electron chi connectivity index (χ3n) is 2.96. The first-order valence-corrected chi connectivity index (χ1v) is 6.45. The molecule has 1 N–H and O–H groups in total. The van der Waals surface area contributed by atoms with Gasteiger partial charge in [0, 0.05) is 25.1 Å². The number of hydrogen-bond acceptors (Lipinski definition) is 2. The van der Waals surface area contributed by atoms with Gasteiger partial charge in [-0.15, -0.1) is 0 Å². The molecule has 0 bridgehead atoms. The molecule has 0 saturated carbocycles. The molecule has 0 aliphatic heterocycles. The molecular weight excluding hydrogens is 238 g/mol. The second kappa shape index (κ2) is 6.96. The van der Waals surface area contributed by atoms with Crippen LogP contribution < -0.4 is 0 Å². The molecule has 0 atom stereocenters. The Morgan fingerprint density at radius 2 is 2.11 bits per heavy atom. The van der Waals surface area contributed by atoms with E-state index in [4.69, 9.17) is 5.11 Å². The van der Waals surface area contributed by atoms with Gasteiger partial charge in [0.1, 0.15) is 0 Å². The van der Waals surface area contributed by atoms with E-state index >= 15 is 0 Å². The summed E-state index contributed by atoms with van der Waals surface area (Å²) in [4.78, 5) is 14.1. The molecule has 0 fully saturated rings. The van der Waals surface area contributed by atoms with E-state index < -0.39 is 0 Å². The molecular formula is C16H21NO2. The van der Waals surface area contributed by atoms with Crippen molar-refractivity contribution in [2.24, 2.45) is 0 Å². The minimum Gasteiger partial charge on any atom is -0.395 e. The minimum absolute atomic E-state index is 0.0213. The van der Waals surface area contributed by atoms with Crippen molar-refractivity contribution in [3.63, 3.8) is 0 Å². The van der Waals surface area contributed by atoms with Crippen molar-refractivity contribution in [3.05, 3.63) is 34.9 Å². The van der Waals surface area contributed by atoms with Crippen LogP contribution in [-0.4, -0.2) is 35.6 Å². The van der Waals surface area contributed by atoms with Crippen LogP contribution in [-0.2, 0) is 0 Å². The second-order valence-electron chi connectivity index (χ2n) is 4.83. The number of nitrogens with zero attached hydrogens (tertiary/aromatic N) is 1. The summed E-state index contributed by atoms with van der Waals surface area (Å²) in [5.41, 5.74) is 2.38. The van der Waals surface area contributed by atoms with Crippen molar-refractivity contribution < 1.29 is 9.90 Å². The van der Waals surface area contributed by atoms with E-state index in [-0.39, 0.29) is 18.6 Å². The number of carbonyl (C=O) groups is 1. The lowest BCUT2D eigenvalue weighted by Gasteiger charge is -2.22. The lowest BCUT2D eigenvalue weighted by atomic mass is 10.0. The van der Waals surface area contributed by atoms with Crippen LogP contribution in [0.3, 0.4) is 0 Å². The lowest BCUT2D eigenvalue weighted by Crippen LogP contribution is -2.33. The number of aryl methyl sites for hydroxylation is 1. The third kappa shape index (κ3) is 4.11. The quantitative estimate of drug-likeness (QED) is 0.845. The fourth-order valence-electron chi connectivity index (χ4n) is 1.58. The fraction of sp³-hybridized carbons (Fsp3) is 0.438. The van der Waals surface area contributed by atoms with Gasteiger partial charge in [0.2, 0.25) is 0 Å². The third-order valence-corrected chi connectivity index (χ3v) is 2.96. The maximum Gasteiger partial charge on any atom is 0.255 e. The van der Waals surface area contributed by atoms with Crippen LogP contribution in [0.4, 0.5) is 0 Å². The van der Waals surface area contributed by atoms with Gasteiger partial charge in [-0.2, -0.15) is 0 Å². The van der Waals surface area contributed by atoms with Crippen molar-refractivity contribution in [3.8, 4) is 11.8 Å². The molecule has 0 aliphatic rings. The van der Waals surface area contributed by atoms with Gasteiger partial charge in [-0.05, 0) is 32.9 Å². The van der Waals surface area contributed by atoms with E-state index in [0.29, 0.717) is 12.0 Å². The van der Waals surface area contributed by atoms with Gasteiger partial charge in [0.05, 0.1) is 12.2 Å². The summed E-state index contributed by atoms with van der Waals surface area (Å²) >= 11 is 0. The lowest BCUT2D eigenvalue weighted by molar-refractivity contribution is 0.0754. The number of benzene rings is 1. The van der Waals surface area contributed by atoms with Crippen molar-refractivity contribution in [2.45, 2.75) is 33.2 Å². The largest absolute Gasteiger partial charge is 0.395 e. The van der Waals surface area contributed by atoms with Crippen molar-refractivity contribution >= 4 is 5.91 Å². The summed E-state index contributed by atoms with van der Waals surface area (Å²) in [6.07, 6.45) is 0.418. The molecule has 1 amide bonds. The normalized spacial score (nSPS) is 10.0. The van der Waals surface area contributed by atoms with Crippen molar-refractivity contribution in [1.82, 2.24) is 4.90 Å². The fourth-order valence-corrected chi connectivity index (χ4v) is 1.58. The highest BCUT2D eigenvalue weighted by Crippen LogP contribution is 2.14. The molecule has 0 heterocycles. The Kier molecular flexibility index (Phi) is 5.59. The predicted molar refractivity (Wildman–Crippen MR) is 77.0 cm³/mol. The van der Waals surface area contributed by atoms with Gasteiger partial charge in [0.15, 0.2) is 0 Å². The van der Waals surface area contributed by atoms with Crippen LogP contribution in [0.5, 0.6) is 0 Å². The number of amides is 1. The van der Waals surface area contributed by atoms with E-state index in [0.717, 1.165) is 11.1 Å². The molecule has 1 aromatic rings. The first-order chi connectivity index (χ1) is 8.97. The summed E-state index contributed by atoms with van der Waals surface area (Å²) in [7, 11) is 1.79. The van der Waals surface area contributed by atoms with Gasteiger partial charge in [-0.25, -0.2) is 0 Å². The molecule has 0 aromatic heterocycles. The van der Waals surface area contributed by atoms with Gasteiger partial charge in [-0.3, -0.25) is 4.79 Å². The smallest absolute Gasteiger partial charge is 0.255 e. The molecule has 1 rings (SSSR count). The number of rotatable bonds is 3. The summed E-state index contributed by atoms with van der Waals surface area (Å²) in [5.74, 6) is 5.80. The Hall–Kier alpha value is -1.79. The van der Waals surface area contributed by atoms with Crippen LogP contribution in [0, 0.1) is 18.8 Å². The van der Waals surface area contributed by atoms with Gasteiger partial charge in [0.25, 0.3) is 5.91 Å². The highest BCUT2D eigenvalue weighted by molar-refractivity contribution is 5.97. The maximum absolute atomic E-state index is 12.4. The monoisotopic (exact) mass is 259 g/mol. The molecule has 0 radical (unpaired) electrons. The summed E-state index contributed by atoms with van der Waals surface area (Å²) < 4.78 is 0. The number of aliphatic hydroxyl groups is 1. The second-order valence-corrected chi connectivity index (χ2v) is 4.83. The first kappa shape index (κ1) is 15.3. The maximum atomic E-state index is 12.4. The Morgan fingerprint density at radius 1 is 1.42 bits per heavy atom. The van der Waals surface area contributed by atoms with E-state index in [1.54, 1.807) is 11.9 Å². The van der Waals surface area contributed by atoms with E-state index in [9.17, 15) is 4.79 Å². The Labute approximate surface area is 115 Å². The standard InChI is InChI=1S/C16H21NO2/c1-12(2)17(4)16(19)15-11-13(3)8-9-14(15)7-5-6-10-18/h8-9,11-12,18H,6,10H2,1-4H3. The zero-order valence-electron chi connectivity index (χ0n) is 12.0. The molecule has 0 spiro atoms. The average molecular weight is 259 g/mol. The van der Waals surface area contributed by atoms with E-state index in [2.05, 4.69) is 11.8 Å². The van der Waals surface area contributed by atoms with Crippen molar-refractivity contribution in [2.75, 3.05) is 13.7 Å². The molecule has 102 valence electrons. The van der Waals surface area contributed by atoms with Crippen molar-refractivity contribution in [1.29, 1.82) is 0 Å². The highest BCUT2D eigenvalue weighted by Gasteiger charge is 2.17. The molecule has 1 aromatic carbocycles. The summed E-state index contributed by atoms with van der Waals surface area (Å²) in [5, 5.41) is 8.75. The molecule has 0 unspecified atom stereocenters. The number of carbonyl (C=O) groups excluding carboxylic acids is 1.